The van der Waals surface area contributed by atoms with Gasteiger partial charge in [-0.2, -0.15) is 0 Å². The van der Waals surface area contributed by atoms with Crippen LogP contribution in [0.15, 0.2) is 18.3 Å². The summed E-state index contributed by atoms with van der Waals surface area (Å²) in [5.41, 5.74) is 1.05. The smallest absolute Gasteiger partial charge is 0.223 e. The molecule has 0 aliphatic carbocycles. The van der Waals surface area contributed by atoms with E-state index in [0.29, 0.717) is 26.0 Å². The van der Waals surface area contributed by atoms with Gasteiger partial charge in [-0.3, -0.25) is 9.59 Å². The third-order valence-corrected chi connectivity index (χ3v) is 5.51. The highest BCUT2D eigenvalue weighted by Gasteiger charge is 2.46. The van der Waals surface area contributed by atoms with Crippen molar-refractivity contribution in [1.82, 2.24) is 14.8 Å². The quantitative estimate of drug-likeness (QED) is 0.859. The van der Waals surface area contributed by atoms with E-state index < -0.39 is 0 Å². The minimum absolute atomic E-state index is 0.0498. The van der Waals surface area contributed by atoms with E-state index in [1.807, 2.05) is 28.1 Å². The van der Waals surface area contributed by atoms with Crippen LogP contribution in [0.5, 0.6) is 0 Å². The van der Waals surface area contributed by atoms with E-state index in [0.717, 1.165) is 44.5 Å². The van der Waals surface area contributed by atoms with E-state index in [1.54, 1.807) is 7.11 Å². The predicted octanol–water partition coefficient (Wildman–Crippen LogP) is 1.58. The van der Waals surface area contributed by atoms with E-state index in [4.69, 9.17) is 4.74 Å². The fourth-order valence-corrected chi connectivity index (χ4v) is 4.03. The number of carbonyl (C=O) groups excluding carboxylic acids is 2. The average Bonchev–Trinajstić information content (AvgIpc) is 3.21. The van der Waals surface area contributed by atoms with E-state index >= 15 is 0 Å². The Labute approximate surface area is 143 Å². The Morgan fingerprint density at radius 3 is 2.79 bits per heavy atom. The molecular formula is C18H27N3O3. The van der Waals surface area contributed by atoms with Crippen LogP contribution < -0.4 is 0 Å². The number of aryl methyl sites for hydroxylation is 1. The molecule has 0 atom stereocenters. The molecule has 2 saturated heterocycles. The number of aromatic amines is 1. The third-order valence-electron chi connectivity index (χ3n) is 5.51. The largest absolute Gasteiger partial charge is 0.383 e. The molecule has 0 aromatic carbocycles. The second kappa shape index (κ2) is 7.38. The van der Waals surface area contributed by atoms with Crippen molar-refractivity contribution in [3.05, 3.63) is 24.0 Å². The topological polar surface area (TPSA) is 65.6 Å². The van der Waals surface area contributed by atoms with Crippen molar-refractivity contribution in [2.24, 2.45) is 0 Å². The van der Waals surface area contributed by atoms with Gasteiger partial charge in [0.25, 0.3) is 0 Å². The van der Waals surface area contributed by atoms with Gasteiger partial charge >= 0.3 is 0 Å². The van der Waals surface area contributed by atoms with Gasteiger partial charge in [-0.1, -0.05) is 0 Å². The lowest BCUT2D eigenvalue weighted by atomic mass is 9.85. The third kappa shape index (κ3) is 3.48. The van der Waals surface area contributed by atoms with Crippen LogP contribution in [0.1, 0.15) is 37.8 Å². The number of piperidine rings is 1. The predicted molar refractivity (Wildman–Crippen MR) is 90.5 cm³/mol. The van der Waals surface area contributed by atoms with Crippen molar-refractivity contribution >= 4 is 11.8 Å². The first-order chi connectivity index (χ1) is 11.6. The first-order valence-corrected chi connectivity index (χ1v) is 8.84. The van der Waals surface area contributed by atoms with E-state index in [1.165, 1.54) is 0 Å². The second-order valence-corrected chi connectivity index (χ2v) is 6.84. The number of hydrogen-bond acceptors (Lipinski definition) is 3. The van der Waals surface area contributed by atoms with E-state index in [-0.39, 0.29) is 17.4 Å². The lowest BCUT2D eigenvalue weighted by molar-refractivity contribution is -0.137. The number of nitrogens with zero attached hydrogens (tertiary/aromatic N) is 2. The van der Waals surface area contributed by atoms with Crippen molar-refractivity contribution < 1.29 is 14.3 Å². The van der Waals surface area contributed by atoms with Crippen LogP contribution in [-0.2, 0) is 20.7 Å². The highest BCUT2D eigenvalue weighted by atomic mass is 16.5. The Bertz CT molecular complexity index is 562. The summed E-state index contributed by atoms with van der Waals surface area (Å²) in [4.78, 5) is 31.7. The number of H-pyrrole nitrogens is 1. The molecule has 24 heavy (non-hydrogen) atoms. The molecule has 0 radical (unpaired) electrons. The average molecular weight is 333 g/mol. The number of carbonyl (C=O) groups is 2. The summed E-state index contributed by atoms with van der Waals surface area (Å²) < 4.78 is 5.15. The van der Waals surface area contributed by atoms with Gasteiger partial charge in [-0.15, -0.1) is 0 Å². The molecule has 1 spiro atoms. The van der Waals surface area contributed by atoms with Crippen molar-refractivity contribution in [3.8, 4) is 0 Å². The zero-order chi connectivity index (χ0) is 17.0. The summed E-state index contributed by atoms with van der Waals surface area (Å²) in [7, 11) is 1.67. The molecule has 0 unspecified atom stereocenters. The fourth-order valence-electron chi connectivity index (χ4n) is 4.03. The SMILES string of the molecule is COCCN1C(=O)CCC12CCN(C(=O)CCc1ccc[nH]1)CC2. The number of aromatic nitrogens is 1. The Hall–Kier alpha value is -1.82. The summed E-state index contributed by atoms with van der Waals surface area (Å²) >= 11 is 0. The van der Waals surface area contributed by atoms with Crippen molar-refractivity contribution in [2.75, 3.05) is 33.4 Å². The van der Waals surface area contributed by atoms with Gasteiger partial charge in [0, 0.05) is 57.0 Å². The lowest BCUT2D eigenvalue weighted by Crippen LogP contribution is -2.54. The van der Waals surface area contributed by atoms with Crippen LogP contribution in [0.4, 0.5) is 0 Å². The van der Waals surface area contributed by atoms with Crippen molar-refractivity contribution in [1.29, 1.82) is 0 Å². The highest BCUT2D eigenvalue weighted by molar-refractivity contribution is 5.80. The first kappa shape index (κ1) is 17.0. The number of methoxy groups -OCH3 is 1. The molecule has 2 fully saturated rings. The molecule has 1 aromatic heterocycles. The minimum atomic E-state index is -0.0498. The van der Waals surface area contributed by atoms with E-state index in [9.17, 15) is 9.59 Å². The van der Waals surface area contributed by atoms with Gasteiger partial charge in [0.2, 0.25) is 11.8 Å². The monoisotopic (exact) mass is 333 g/mol. The van der Waals surface area contributed by atoms with Crippen molar-refractivity contribution in [2.45, 2.75) is 44.1 Å². The van der Waals surface area contributed by atoms with Gasteiger partial charge in [-0.05, 0) is 37.8 Å². The molecule has 6 heteroatoms. The minimum Gasteiger partial charge on any atom is -0.383 e. The van der Waals surface area contributed by atoms with Crippen LogP contribution >= 0.6 is 0 Å². The van der Waals surface area contributed by atoms with Crippen LogP contribution in [0.25, 0.3) is 0 Å². The molecule has 3 rings (SSSR count). The zero-order valence-electron chi connectivity index (χ0n) is 14.4. The van der Waals surface area contributed by atoms with E-state index in [2.05, 4.69) is 4.98 Å². The van der Waals surface area contributed by atoms with Gasteiger partial charge in [-0.25, -0.2) is 0 Å². The molecule has 0 bridgehead atoms. The number of hydrogen-bond donors (Lipinski definition) is 1. The molecule has 132 valence electrons. The summed E-state index contributed by atoms with van der Waals surface area (Å²) in [6.07, 6.45) is 6.50. The normalized spacial score (nSPS) is 20.1. The number of rotatable bonds is 6. The molecule has 2 amide bonds. The van der Waals surface area contributed by atoms with Crippen molar-refractivity contribution in [3.63, 3.8) is 0 Å². The van der Waals surface area contributed by atoms with Crippen LogP contribution in [0, 0.1) is 0 Å². The summed E-state index contributed by atoms with van der Waals surface area (Å²) in [5.74, 6) is 0.450. The standard InChI is InChI=1S/C18H27N3O3/c1-24-14-13-21-17(23)6-7-18(21)8-11-20(12-9-18)16(22)5-4-15-3-2-10-19-15/h2-3,10,19H,4-9,11-14H2,1H3. The summed E-state index contributed by atoms with van der Waals surface area (Å²) in [6, 6.07) is 3.96. The first-order valence-electron chi connectivity index (χ1n) is 8.84. The van der Waals surface area contributed by atoms with Crippen LogP contribution in [0.2, 0.25) is 0 Å². The molecule has 1 N–H and O–H groups in total. The van der Waals surface area contributed by atoms with Gasteiger partial charge in [0.1, 0.15) is 0 Å². The molecule has 2 aliphatic rings. The van der Waals surface area contributed by atoms with Gasteiger partial charge in [0.15, 0.2) is 0 Å². The second-order valence-electron chi connectivity index (χ2n) is 6.84. The Balaban J connectivity index is 1.52. The van der Waals surface area contributed by atoms with Crippen LogP contribution in [-0.4, -0.2) is 65.5 Å². The molecular weight excluding hydrogens is 306 g/mol. The zero-order valence-corrected chi connectivity index (χ0v) is 14.4. The maximum Gasteiger partial charge on any atom is 0.223 e. The molecule has 0 saturated carbocycles. The maximum atomic E-state index is 12.4. The summed E-state index contributed by atoms with van der Waals surface area (Å²) in [6.45, 7) is 2.74. The highest BCUT2D eigenvalue weighted by Crippen LogP contribution is 2.39. The maximum absolute atomic E-state index is 12.4. The molecule has 1 aromatic rings. The van der Waals surface area contributed by atoms with Gasteiger partial charge < -0.3 is 19.5 Å². The number of ether oxygens (including phenoxy) is 1. The number of amides is 2. The Kier molecular flexibility index (Phi) is 5.23. The molecule has 2 aliphatic heterocycles. The Morgan fingerprint density at radius 2 is 2.12 bits per heavy atom. The van der Waals surface area contributed by atoms with Gasteiger partial charge in [0.05, 0.1) is 6.61 Å². The van der Waals surface area contributed by atoms with Crippen LogP contribution in [0.3, 0.4) is 0 Å². The molecule has 6 nitrogen and oxygen atoms in total. The summed E-state index contributed by atoms with van der Waals surface area (Å²) in [5, 5.41) is 0. The number of likely N-dealkylation sites (tertiary alicyclic amines) is 2. The Morgan fingerprint density at radius 1 is 1.33 bits per heavy atom. The molecule has 3 heterocycles. The number of nitrogens with one attached hydrogen (secondary N) is 1. The lowest BCUT2D eigenvalue weighted by Gasteiger charge is -2.45. The fraction of sp³-hybridized carbons (Fsp3) is 0.667.